The molecular formula is C28H30I2N2O2S. The van der Waals surface area contributed by atoms with Gasteiger partial charge in [0.25, 0.3) is 5.91 Å². The second kappa shape index (κ2) is 11.3. The zero-order valence-electron chi connectivity index (χ0n) is 20.5. The number of benzene rings is 2. The first-order chi connectivity index (χ1) is 16.7. The number of aliphatic imine (C=N–C) groups is 1. The topological polar surface area (TPSA) is 50.7 Å². The van der Waals surface area contributed by atoms with Crippen molar-refractivity contribution in [3.05, 3.63) is 71.2 Å². The number of carbonyl (C=O) groups is 1. The lowest BCUT2D eigenvalue weighted by molar-refractivity contribution is 0.102. The number of rotatable bonds is 6. The lowest BCUT2D eigenvalue weighted by Gasteiger charge is -2.33. The fraction of sp³-hybridized carbons (Fsp3) is 0.357. The molecule has 0 radical (unpaired) electrons. The van der Waals surface area contributed by atoms with Gasteiger partial charge in [0, 0.05) is 16.8 Å². The van der Waals surface area contributed by atoms with Crippen LogP contribution in [0.2, 0.25) is 0 Å². The smallest absolute Gasteiger partial charge is 0.259 e. The summed E-state index contributed by atoms with van der Waals surface area (Å²) in [6, 6.07) is 13.8. The minimum Gasteiger partial charge on any atom is -0.492 e. The maximum absolute atomic E-state index is 13.5. The zero-order chi connectivity index (χ0) is 25.2. The molecule has 1 heterocycles. The Balaban J connectivity index is 1.70. The number of halogens is 2. The molecule has 1 atom stereocenters. The highest BCUT2D eigenvalue weighted by atomic mass is 127. The van der Waals surface area contributed by atoms with Gasteiger partial charge < -0.3 is 10.1 Å². The van der Waals surface area contributed by atoms with Crippen LogP contribution >= 0.6 is 56.5 Å². The monoisotopic (exact) mass is 712 g/mol. The second-order valence-electron chi connectivity index (χ2n) is 9.81. The van der Waals surface area contributed by atoms with Gasteiger partial charge in [-0.05, 0) is 118 Å². The number of nitrogens with one attached hydrogen (secondary N) is 1. The molecule has 0 aliphatic heterocycles. The van der Waals surface area contributed by atoms with E-state index in [-0.39, 0.29) is 11.3 Å². The molecular weight excluding hydrogens is 682 g/mol. The summed E-state index contributed by atoms with van der Waals surface area (Å²) in [4.78, 5) is 19.7. The molecule has 1 aliphatic carbocycles. The maximum atomic E-state index is 13.5. The van der Waals surface area contributed by atoms with Gasteiger partial charge in [-0.15, -0.1) is 11.3 Å². The number of ether oxygens (including phenoxy) is 1. The van der Waals surface area contributed by atoms with Crippen LogP contribution in [0.4, 0.5) is 10.7 Å². The van der Waals surface area contributed by atoms with Crippen molar-refractivity contribution in [2.45, 2.75) is 47.0 Å². The van der Waals surface area contributed by atoms with E-state index in [1.165, 1.54) is 10.4 Å². The number of amides is 1. The number of nitrogens with zero attached hydrogens (tertiary/aromatic N) is 1. The Morgan fingerprint density at radius 1 is 1.20 bits per heavy atom. The molecule has 184 valence electrons. The zero-order valence-corrected chi connectivity index (χ0v) is 25.6. The van der Waals surface area contributed by atoms with Crippen LogP contribution < -0.4 is 10.1 Å². The summed E-state index contributed by atoms with van der Waals surface area (Å²) in [5, 5.41) is 3.88. The molecule has 1 aliphatic rings. The molecule has 0 unspecified atom stereocenters. The highest BCUT2D eigenvalue weighted by Crippen LogP contribution is 2.45. The number of anilines is 1. The van der Waals surface area contributed by atoms with Crippen LogP contribution in [0, 0.1) is 18.5 Å². The second-order valence-corrected chi connectivity index (χ2v) is 13.2. The Morgan fingerprint density at radius 2 is 1.89 bits per heavy atom. The van der Waals surface area contributed by atoms with Gasteiger partial charge in [-0.1, -0.05) is 39.0 Å². The molecule has 3 aromatic rings. The third-order valence-corrected chi connectivity index (χ3v) is 9.14. The summed E-state index contributed by atoms with van der Waals surface area (Å²) in [5.41, 5.74) is 3.94. The molecule has 1 N–H and O–H groups in total. The predicted octanol–water partition coefficient (Wildman–Crippen LogP) is 8.51. The van der Waals surface area contributed by atoms with Crippen molar-refractivity contribution in [3.8, 4) is 5.75 Å². The fourth-order valence-electron chi connectivity index (χ4n) is 4.42. The molecule has 0 saturated carbocycles. The van der Waals surface area contributed by atoms with E-state index in [1.54, 1.807) is 11.3 Å². The Labute approximate surface area is 239 Å². The van der Waals surface area contributed by atoms with Gasteiger partial charge >= 0.3 is 0 Å². The summed E-state index contributed by atoms with van der Waals surface area (Å²) >= 11 is 6.28. The van der Waals surface area contributed by atoms with Crippen molar-refractivity contribution < 1.29 is 9.53 Å². The molecule has 4 rings (SSSR count). The van der Waals surface area contributed by atoms with Crippen LogP contribution in [0.3, 0.4) is 0 Å². The highest BCUT2D eigenvalue weighted by molar-refractivity contribution is 14.1. The average Bonchev–Trinajstić information content (AvgIpc) is 3.18. The number of para-hydroxylation sites is 1. The molecule has 0 saturated heterocycles. The van der Waals surface area contributed by atoms with Gasteiger partial charge in [-0.2, -0.15) is 0 Å². The van der Waals surface area contributed by atoms with Gasteiger partial charge in [0.05, 0.1) is 19.3 Å². The van der Waals surface area contributed by atoms with Crippen LogP contribution in [0.15, 0.2) is 47.5 Å². The summed E-state index contributed by atoms with van der Waals surface area (Å²) in [6.07, 6.45) is 4.89. The Hall–Kier alpha value is -1.46. The van der Waals surface area contributed by atoms with Crippen LogP contribution in [-0.2, 0) is 12.8 Å². The predicted molar refractivity (Wildman–Crippen MR) is 164 cm³/mol. The van der Waals surface area contributed by atoms with Gasteiger partial charge in [0.15, 0.2) is 0 Å². The summed E-state index contributed by atoms with van der Waals surface area (Å²) < 4.78 is 7.88. The standard InChI is InChI=1S/C28H30I2N2O2S/c1-5-34-25-21(29)13-17(14-22(25)30)16-31-27-24(26(33)32-19-9-7-6-8-10-19)20-12-11-18(28(2,3)4)15-23(20)35-27/h6-10,13-14,16,18H,5,11-12,15H2,1-4H3,(H,32,33)/t18-/m1/s1. The SMILES string of the molecule is CCOc1c(I)cc(C=Nc2sc3c(c2C(=O)Nc2ccccc2)CC[C@@H](C(C)(C)C)C3)cc1I. The van der Waals surface area contributed by atoms with E-state index in [0.29, 0.717) is 12.5 Å². The highest BCUT2D eigenvalue weighted by Gasteiger charge is 2.33. The largest absolute Gasteiger partial charge is 0.492 e. The van der Waals surface area contributed by atoms with Crippen molar-refractivity contribution in [3.63, 3.8) is 0 Å². The maximum Gasteiger partial charge on any atom is 0.259 e. The van der Waals surface area contributed by atoms with Gasteiger partial charge in [0.2, 0.25) is 0 Å². The van der Waals surface area contributed by atoms with Gasteiger partial charge in [0.1, 0.15) is 10.8 Å². The first-order valence-electron chi connectivity index (χ1n) is 11.8. The summed E-state index contributed by atoms with van der Waals surface area (Å²) in [7, 11) is 0. The average molecular weight is 712 g/mol. The van der Waals surface area contributed by atoms with Crippen molar-refractivity contribution in [2.75, 3.05) is 11.9 Å². The van der Waals surface area contributed by atoms with E-state index in [4.69, 9.17) is 9.73 Å². The first-order valence-corrected chi connectivity index (χ1v) is 14.8. The summed E-state index contributed by atoms with van der Waals surface area (Å²) in [5.74, 6) is 1.43. The molecule has 1 aromatic heterocycles. The van der Waals surface area contributed by atoms with E-state index >= 15 is 0 Å². The number of fused-ring (bicyclic) bond motifs is 1. The minimum absolute atomic E-state index is 0.0779. The van der Waals surface area contributed by atoms with Crippen LogP contribution in [-0.4, -0.2) is 18.7 Å². The lowest BCUT2D eigenvalue weighted by atomic mass is 9.72. The molecule has 0 spiro atoms. The minimum atomic E-state index is -0.0779. The third-order valence-electron chi connectivity index (χ3n) is 6.37. The normalized spacial score (nSPS) is 15.8. The quantitative estimate of drug-likeness (QED) is 0.206. The van der Waals surface area contributed by atoms with Crippen LogP contribution in [0.25, 0.3) is 0 Å². The lowest BCUT2D eigenvalue weighted by Crippen LogP contribution is -2.27. The number of hydrogen-bond acceptors (Lipinski definition) is 4. The first kappa shape index (κ1) is 26.6. The van der Waals surface area contributed by atoms with E-state index in [1.807, 2.05) is 43.5 Å². The van der Waals surface area contributed by atoms with Crippen molar-refractivity contribution in [1.29, 1.82) is 0 Å². The third kappa shape index (κ3) is 6.28. The van der Waals surface area contributed by atoms with E-state index in [0.717, 1.165) is 54.0 Å². The molecule has 1 amide bonds. The van der Waals surface area contributed by atoms with Crippen molar-refractivity contribution >= 4 is 79.3 Å². The molecule has 4 nitrogen and oxygen atoms in total. The molecule has 0 bridgehead atoms. The Morgan fingerprint density at radius 3 is 2.51 bits per heavy atom. The Bertz CT molecular complexity index is 1220. The van der Waals surface area contributed by atoms with E-state index in [2.05, 4.69) is 83.4 Å². The number of carbonyl (C=O) groups excluding carboxylic acids is 1. The number of hydrogen-bond donors (Lipinski definition) is 1. The number of thiophene rings is 1. The fourth-order valence-corrected chi connectivity index (χ4v) is 7.82. The van der Waals surface area contributed by atoms with E-state index in [9.17, 15) is 4.79 Å². The van der Waals surface area contributed by atoms with Gasteiger partial charge in [-0.3, -0.25) is 4.79 Å². The van der Waals surface area contributed by atoms with E-state index < -0.39 is 0 Å². The van der Waals surface area contributed by atoms with Gasteiger partial charge in [-0.25, -0.2) is 4.99 Å². The van der Waals surface area contributed by atoms with Crippen molar-refractivity contribution in [1.82, 2.24) is 0 Å². The molecule has 7 heteroatoms. The Kier molecular flexibility index (Phi) is 8.58. The van der Waals surface area contributed by atoms with Crippen molar-refractivity contribution in [2.24, 2.45) is 16.3 Å². The summed E-state index contributed by atoms with van der Waals surface area (Å²) in [6.45, 7) is 9.57. The molecule has 2 aromatic carbocycles. The van der Waals surface area contributed by atoms with Crippen LogP contribution in [0.1, 0.15) is 60.5 Å². The molecule has 0 fully saturated rings. The van der Waals surface area contributed by atoms with Crippen LogP contribution in [0.5, 0.6) is 5.75 Å². The molecule has 35 heavy (non-hydrogen) atoms.